The maximum atomic E-state index is 14.0. The molecule has 1 atom stereocenters. The number of nitrogens with two attached hydrogens (primary N) is 1. The maximum Gasteiger partial charge on any atom is 0.145 e. The van der Waals surface area contributed by atoms with Crippen LogP contribution >= 0.6 is 15.9 Å². The summed E-state index contributed by atoms with van der Waals surface area (Å²) in [4.78, 5) is 0. The molecule has 0 saturated heterocycles. The zero-order valence-corrected chi connectivity index (χ0v) is 12.0. The Morgan fingerprint density at radius 3 is 2.32 bits per heavy atom. The molecule has 0 radical (unpaired) electrons. The molecular weight excluding hydrogens is 312 g/mol. The van der Waals surface area contributed by atoms with Crippen LogP contribution in [-0.2, 0) is 6.42 Å². The van der Waals surface area contributed by atoms with Gasteiger partial charge in [0.1, 0.15) is 11.6 Å². The van der Waals surface area contributed by atoms with Gasteiger partial charge in [-0.25, -0.2) is 8.78 Å². The van der Waals surface area contributed by atoms with Crippen LogP contribution in [0.1, 0.15) is 29.7 Å². The molecule has 2 rings (SSSR count). The Hall–Kier alpha value is -1.26. The lowest BCUT2D eigenvalue weighted by Crippen LogP contribution is -2.16. The highest BCUT2D eigenvalue weighted by molar-refractivity contribution is 9.10. The minimum atomic E-state index is -0.816. The van der Waals surface area contributed by atoms with Crippen LogP contribution in [0.2, 0.25) is 0 Å². The Kier molecular flexibility index (Phi) is 4.32. The maximum absolute atomic E-state index is 14.0. The number of hydrogen-bond donors (Lipinski definition) is 1. The average molecular weight is 326 g/mol. The topological polar surface area (TPSA) is 26.0 Å². The summed E-state index contributed by atoms with van der Waals surface area (Å²) in [5, 5.41) is 0. The molecule has 0 aliphatic rings. The Labute approximate surface area is 119 Å². The van der Waals surface area contributed by atoms with Gasteiger partial charge in [-0.3, -0.25) is 0 Å². The molecular formula is C15H14BrF2N. The fraction of sp³-hybridized carbons (Fsp3) is 0.200. The van der Waals surface area contributed by atoms with E-state index in [1.54, 1.807) is 0 Å². The third kappa shape index (κ3) is 2.85. The summed E-state index contributed by atoms with van der Waals surface area (Å²) in [5.74, 6) is -1.28. The Balaban J connectivity index is 2.43. The van der Waals surface area contributed by atoms with Gasteiger partial charge in [0.05, 0.1) is 10.5 Å². The van der Waals surface area contributed by atoms with E-state index >= 15 is 0 Å². The SMILES string of the molecule is CCc1ccc(C(N)c2c(F)ccc(Br)c2F)cc1. The van der Waals surface area contributed by atoms with Gasteiger partial charge in [0.2, 0.25) is 0 Å². The second kappa shape index (κ2) is 5.80. The molecule has 0 aromatic heterocycles. The van der Waals surface area contributed by atoms with Crippen LogP contribution in [0.5, 0.6) is 0 Å². The second-order valence-corrected chi connectivity index (χ2v) is 5.18. The first-order valence-electron chi connectivity index (χ1n) is 6.02. The van der Waals surface area contributed by atoms with Gasteiger partial charge in [-0.2, -0.15) is 0 Å². The van der Waals surface area contributed by atoms with Crippen molar-refractivity contribution < 1.29 is 8.78 Å². The first-order valence-corrected chi connectivity index (χ1v) is 6.81. The van der Waals surface area contributed by atoms with E-state index in [9.17, 15) is 8.78 Å². The molecule has 0 aliphatic carbocycles. The van der Waals surface area contributed by atoms with Gasteiger partial charge in [-0.1, -0.05) is 31.2 Å². The summed E-state index contributed by atoms with van der Waals surface area (Å²) in [6.45, 7) is 2.04. The standard InChI is InChI=1S/C15H14BrF2N/c1-2-9-3-5-10(6-4-9)15(19)13-12(17)8-7-11(16)14(13)18/h3-8,15H,2,19H2,1H3. The quantitative estimate of drug-likeness (QED) is 0.835. The third-order valence-corrected chi connectivity index (χ3v) is 3.75. The average Bonchev–Trinajstić information content (AvgIpc) is 2.43. The van der Waals surface area contributed by atoms with E-state index in [0.717, 1.165) is 12.0 Å². The molecule has 0 bridgehead atoms. The molecule has 1 nitrogen and oxygen atoms in total. The lowest BCUT2D eigenvalue weighted by atomic mass is 9.97. The minimum Gasteiger partial charge on any atom is -0.320 e. The molecule has 0 fully saturated rings. The van der Waals surface area contributed by atoms with Crippen LogP contribution in [0.15, 0.2) is 40.9 Å². The van der Waals surface area contributed by atoms with Crippen molar-refractivity contribution in [2.45, 2.75) is 19.4 Å². The lowest BCUT2D eigenvalue weighted by Gasteiger charge is -2.15. The van der Waals surface area contributed by atoms with Crippen molar-refractivity contribution in [3.63, 3.8) is 0 Å². The van der Waals surface area contributed by atoms with E-state index in [0.29, 0.717) is 5.56 Å². The van der Waals surface area contributed by atoms with Crippen molar-refractivity contribution in [2.24, 2.45) is 5.73 Å². The van der Waals surface area contributed by atoms with E-state index < -0.39 is 17.7 Å². The van der Waals surface area contributed by atoms with Crippen molar-refractivity contribution in [1.29, 1.82) is 0 Å². The Bertz CT molecular complexity index is 581. The summed E-state index contributed by atoms with van der Waals surface area (Å²) >= 11 is 3.05. The largest absolute Gasteiger partial charge is 0.320 e. The van der Waals surface area contributed by atoms with Gasteiger partial charge in [0, 0.05) is 5.56 Å². The van der Waals surface area contributed by atoms with E-state index in [-0.39, 0.29) is 10.0 Å². The predicted octanol–water partition coefficient (Wildman–Crippen LogP) is 4.34. The van der Waals surface area contributed by atoms with E-state index in [1.165, 1.54) is 12.1 Å². The highest BCUT2D eigenvalue weighted by Crippen LogP contribution is 2.29. The molecule has 2 N–H and O–H groups in total. The highest BCUT2D eigenvalue weighted by atomic mass is 79.9. The van der Waals surface area contributed by atoms with Crippen molar-refractivity contribution in [2.75, 3.05) is 0 Å². The molecule has 0 aliphatic heterocycles. The van der Waals surface area contributed by atoms with Crippen molar-refractivity contribution in [1.82, 2.24) is 0 Å². The Morgan fingerprint density at radius 1 is 1.11 bits per heavy atom. The third-order valence-electron chi connectivity index (χ3n) is 3.14. The van der Waals surface area contributed by atoms with Gasteiger partial charge in [-0.15, -0.1) is 0 Å². The summed E-state index contributed by atoms with van der Waals surface area (Å²) < 4.78 is 28.0. The van der Waals surface area contributed by atoms with Gasteiger partial charge in [0.25, 0.3) is 0 Å². The Morgan fingerprint density at radius 2 is 1.74 bits per heavy atom. The van der Waals surface area contributed by atoms with Crippen molar-refractivity contribution >= 4 is 15.9 Å². The molecule has 0 spiro atoms. The molecule has 2 aromatic carbocycles. The number of aryl methyl sites for hydroxylation is 1. The van der Waals surface area contributed by atoms with Crippen LogP contribution in [0.4, 0.5) is 8.78 Å². The monoisotopic (exact) mass is 325 g/mol. The molecule has 0 amide bonds. The van der Waals surface area contributed by atoms with E-state index in [2.05, 4.69) is 15.9 Å². The smallest absolute Gasteiger partial charge is 0.145 e. The molecule has 0 heterocycles. The lowest BCUT2D eigenvalue weighted by molar-refractivity contribution is 0.539. The van der Waals surface area contributed by atoms with Gasteiger partial charge < -0.3 is 5.73 Å². The van der Waals surface area contributed by atoms with Crippen LogP contribution in [0.25, 0.3) is 0 Å². The second-order valence-electron chi connectivity index (χ2n) is 4.33. The highest BCUT2D eigenvalue weighted by Gasteiger charge is 2.20. The zero-order valence-electron chi connectivity index (χ0n) is 10.5. The number of halogens is 3. The van der Waals surface area contributed by atoms with Gasteiger partial charge in [-0.05, 0) is 45.6 Å². The molecule has 2 aromatic rings. The molecule has 4 heteroatoms. The molecule has 0 saturated carbocycles. The number of benzene rings is 2. The van der Waals surface area contributed by atoms with Crippen molar-refractivity contribution in [3.8, 4) is 0 Å². The van der Waals surface area contributed by atoms with Gasteiger partial charge >= 0.3 is 0 Å². The first kappa shape index (κ1) is 14.2. The summed E-state index contributed by atoms with van der Waals surface area (Å²) in [7, 11) is 0. The van der Waals surface area contributed by atoms with Crippen LogP contribution in [0, 0.1) is 11.6 Å². The van der Waals surface area contributed by atoms with Crippen molar-refractivity contribution in [3.05, 3.63) is 69.2 Å². The van der Waals surface area contributed by atoms with E-state index in [1.807, 2.05) is 31.2 Å². The van der Waals surface area contributed by atoms with Crippen LogP contribution < -0.4 is 5.73 Å². The number of rotatable bonds is 3. The fourth-order valence-corrected chi connectivity index (χ4v) is 2.30. The summed E-state index contributed by atoms with van der Waals surface area (Å²) in [5.41, 5.74) is 7.71. The summed E-state index contributed by atoms with van der Waals surface area (Å²) in [6.07, 6.45) is 0.912. The fourth-order valence-electron chi connectivity index (χ4n) is 1.96. The molecule has 19 heavy (non-hydrogen) atoms. The van der Waals surface area contributed by atoms with Crippen LogP contribution in [0.3, 0.4) is 0 Å². The van der Waals surface area contributed by atoms with Gasteiger partial charge in [0.15, 0.2) is 0 Å². The first-order chi connectivity index (χ1) is 9.04. The zero-order chi connectivity index (χ0) is 14.0. The summed E-state index contributed by atoms with van der Waals surface area (Å²) in [6, 6.07) is 9.19. The number of hydrogen-bond acceptors (Lipinski definition) is 1. The minimum absolute atomic E-state index is 0.112. The molecule has 1 unspecified atom stereocenters. The normalized spacial score (nSPS) is 12.5. The van der Waals surface area contributed by atoms with E-state index in [4.69, 9.17) is 5.73 Å². The molecule has 100 valence electrons. The van der Waals surface area contributed by atoms with Crippen LogP contribution in [-0.4, -0.2) is 0 Å². The predicted molar refractivity (Wildman–Crippen MR) is 75.9 cm³/mol.